The van der Waals surface area contributed by atoms with Crippen LogP contribution in [0.4, 0.5) is 0 Å². The van der Waals surface area contributed by atoms with Crippen molar-refractivity contribution in [2.45, 2.75) is 43.7 Å². The standard InChI is InChI=1S/C11H18N2O2S2/c1-8-10(6-9(16-8)7-12-3)17(14,15)13-11(2)4-5-11/h6,12-13H,4-5,7H2,1-3H3. The summed E-state index contributed by atoms with van der Waals surface area (Å²) in [6, 6.07) is 1.77. The van der Waals surface area contributed by atoms with Crippen molar-refractivity contribution in [2.24, 2.45) is 0 Å². The van der Waals surface area contributed by atoms with Crippen LogP contribution in [-0.4, -0.2) is 21.0 Å². The molecule has 2 N–H and O–H groups in total. The Hall–Kier alpha value is -0.430. The van der Waals surface area contributed by atoms with E-state index in [4.69, 9.17) is 0 Å². The van der Waals surface area contributed by atoms with Crippen LogP contribution >= 0.6 is 11.3 Å². The van der Waals surface area contributed by atoms with Gasteiger partial charge in [-0.1, -0.05) is 0 Å². The first-order valence-corrected chi connectivity index (χ1v) is 7.94. The highest BCUT2D eigenvalue weighted by Crippen LogP contribution is 2.37. The molecule has 4 nitrogen and oxygen atoms in total. The summed E-state index contributed by atoms with van der Waals surface area (Å²) in [4.78, 5) is 2.33. The van der Waals surface area contributed by atoms with Crippen LogP contribution in [0.5, 0.6) is 0 Å². The van der Waals surface area contributed by atoms with Gasteiger partial charge in [0, 0.05) is 21.8 Å². The molecule has 0 atom stereocenters. The van der Waals surface area contributed by atoms with Gasteiger partial charge < -0.3 is 5.32 Å². The summed E-state index contributed by atoms with van der Waals surface area (Å²) in [6.07, 6.45) is 1.86. The van der Waals surface area contributed by atoms with Crippen molar-refractivity contribution in [3.63, 3.8) is 0 Å². The molecule has 0 amide bonds. The van der Waals surface area contributed by atoms with E-state index < -0.39 is 10.0 Å². The lowest BCUT2D eigenvalue weighted by Gasteiger charge is -2.11. The number of rotatable bonds is 5. The van der Waals surface area contributed by atoms with Crippen LogP contribution in [0.25, 0.3) is 0 Å². The minimum Gasteiger partial charge on any atom is -0.315 e. The normalized spacial score (nSPS) is 18.3. The maximum atomic E-state index is 12.2. The molecule has 0 saturated heterocycles. The maximum absolute atomic E-state index is 12.2. The quantitative estimate of drug-likeness (QED) is 0.857. The molecule has 1 aromatic rings. The van der Waals surface area contributed by atoms with Gasteiger partial charge in [0.05, 0.1) is 4.90 Å². The molecule has 96 valence electrons. The average Bonchev–Trinajstić information content (AvgIpc) is 2.77. The molecule has 1 aliphatic rings. The van der Waals surface area contributed by atoms with Crippen molar-refractivity contribution in [3.8, 4) is 0 Å². The molecule has 1 heterocycles. The van der Waals surface area contributed by atoms with E-state index in [-0.39, 0.29) is 5.54 Å². The fourth-order valence-corrected chi connectivity index (χ4v) is 4.83. The summed E-state index contributed by atoms with van der Waals surface area (Å²) < 4.78 is 27.2. The molecule has 1 fully saturated rings. The van der Waals surface area contributed by atoms with Gasteiger partial charge >= 0.3 is 0 Å². The molecule has 2 rings (SSSR count). The minimum atomic E-state index is -3.35. The van der Waals surface area contributed by atoms with Gasteiger partial charge in [-0.2, -0.15) is 0 Å². The molecule has 17 heavy (non-hydrogen) atoms. The van der Waals surface area contributed by atoms with E-state index in [0.29, 0.717) is 11.4 Å². The van der Waals surface area contributed by atoms with Crippen LogP contribution in [0.2, 0.25) is 0 Å². The Labute approximate surface area is 106 Å². The number of hydrogen-bond donors (Lipinski definition) is 2. The van der Waals surface area contributed by atoms with E-state index in [1.54, 1.807) is 6.07 Å². The fraction of sp³-hybridized carbons (Fsp3) is 0.636. The van der Waals surface area contributed by atoms with Crippen LogP contribution in [0.15, 0.2) is 11.0 Å². The van der Waals surface area contributed by atoms with Crippen LogP contribution in [-0.2, 0) is 16.6 Å². The van der Waals surface area contributed by atoms with E-state index in [9.17, 15) is 8.42 Å². The van der Waals surface area contributed by atoms with Crippen LogP contribution in [0.3, 0.4) is 0 Å². The second kappa shape index (κ2) is 4.35. The van der Waals surface area contributed by atoms with Gasteiger partial charge in [-0.3, -0.25) is 0 Å². The first kappa shape index (κ1) is 13.0. The Morgan fingerprint density at radius 3 is 2.65 bits per heavy atom. The minimum absolute atomic E-state index is 0.212. The lowest BCUT2D eigenvalue weighted by atomic mass is 10.4. The smallest absolute Gasteiger partial charge is 0.242 e. The highest BCUT2D eigenvalue weighted by Gasteiger charge is 2.41. The summed E-state index contributed by atoms with van der Waals surface area (Å²) in [5, 5.41) is 3.03. The van der Waals surface area contributed by atoms with Gasteiger partial charge in [0.1, 0.15) is 0 Å². The summed E-state index contributed by atoms with van der Waals surface area (Å²) in [6.45, 7) is 4.51. The molecule has 6 heteroatoms. The molecular formula is C11H18N2O2S2. The second-order valence-corrected chi connectivity index (χ2v) is 7.82. The van der Waals surface area contributed by atoms with Crippen LogP contribution in [0, 0.1) is 6.92 Å². The van der Waals surface area contributed by atoms with Crippen molar-refractivity contribution < 1.29 is 8.42 Å². The summed E-state index contributed by atoms with van der Waals surface area (Å²) >= 11 is 1.53. The summed E-state index contributed by atoms with van der Waals surface area (Å²) in [5.41, 5.74) is -0.212. The Morgan fingerprint density at radius 1 is 1.47 bits per heavy atom. The molecule has 0 aromatic carbocycles. The van der Waals surface area contributed by atoms with Gasteiger partial charge in [0.2, 0.25) is 10.0 Å². The Morgan fingerprint density at radius 2 is 2.12 bits per heavy atom. The predicted molar refractivity (Wildman–Crippen MR) is 69.8 cm³/mol. The fourth-order valence-electron chi connectivity index (χ4n) is 1.72. The Kier molecular flexibility index (Phi) is 3.33. The summed E-state index contributed by atoms with van der Waals surface area (Å²) in [5.74, 6) is 0. The molecule has 0 aliphatic heterocycles. The van der Waals surface area contributed by atoms with E-state index in [0.717, 1.165) is 22.6 Å². The predicted octanol–water partition coefficient (Wildman–Crippen LogP) is 1.61. The van der Waals surface area contributed by atoms with E-state index in [2.05, 4.69) is 10.0 Å². The number of aryl methyl sites for hydroxylation is 1. The lowest BCUT2D eigenvalue weighted by molar-refractivity contribution is 0.558. The molecular weight excluding hydrogens is 256 g/mol. The molecule has 0 unspecified atom stereocenters. The van der Waals surface area contributed by atoms with Crippen molar-refractivity contribution >= 4 is 21.4 Å². The van der Waals surface area contributed by atoms with Gasteiger partial charge in [-0.15, -0.1) is 11.3 Å². The zero-order valence-electron chi connectivity index (χ0n) is 10.3. The molecule has 1 saturated carbocycles. The molecule has 0 spiro atoms. The third kappa shape index (κ3) is 2.88. The van der Waals surface area contributed by atoms with Gasteiger partial charge in [0.15, 0.2) is 0 Å². The van der Waals surface area contributed by atoms with Gasteiger partial charge in [-0.05, 0) is 39.8 Å². The maximum Gasteiger partial charge on any atom is 0.242 e. The lowest BCUT2D eigenvalue weighted by Crippen LogP contribution is -2.34. The van der Waals surface area contributed by atoms with Crippen molar-refractivity contribution in [1.29, 1.82) is 0 Å². The highest BCUT2D eigenvalue weighted by molar-refractivity contribution is 7.89. The molecule has 1 aromatic heterocycles. The van der Waals surface area contributed by atoms with E-state index >= 15 is 0 Å². The number of thiophene rings is 1. The summed E-state index contributed by atoms with van der Waals surface area (Å²) in [7, 11) is -1.50. The van der Waals surface area contributed by atoms with Crippen molar-refractivity contribution in [2.75, 3.05) is 7.05 Å². The first-order chi connectivity index (χ1) is 7.86. The number of hydrogen-bond acceptors (Lipinski definition) is 4. The first-order valence-electron chi connectivity index (χ1n) is 5.64. The zero-order valence-corrected chi connectivity index (χ0v) is 12.0. The van der Waals surface area contributed by atoms with E-state index in [1.807, 2.05) is 20.9 Å². The topological polar surface area (TPSA) is 58.2 Å². The monoisotopic (exact) mass is 274 g/mol. The second-order valence-electron chi connectivity index (χ2n) is 4.83. The SMILES string of the molecule is CNCc1cc(S(=O)(=O)NC2(C)CC2)c(C)s1. The Bertz CT molecular complexity index is 516. The third-order valence-electron chi connectivity index (χ3n) is 2.94. The number of sulfonamides is 1. The van der Waals surface area contributed by atoms with Crippen molar-refractivity contribution in [1.82, 2.24) is 10.0 Å². The Balaban J connectivity index is 2.26. The zero-order chi connectivity index (χ0) is 12.7. The third-order valence-corrected chi connectivity index (χ3v) is 5.89. The average molecular weight is 274 g/mol. The van der Waals surface area contributed by atoms with Gasteiger partial charge in [-0.25, -0.2) is 13.1 Å². The van der Waals surface area contributed by atoms with Crippen LogP contribution in [0.1, 0.15) is 29.5 Å². The molecule has 0 bridgehead atoms. The largest absolute Gasteiger partial charge is 0.315 e. The van der Waals surface area contributed by atoms with Crippen LogP contribution < -0.4 is 10.0 Å². The molecule has 0 radical (unpaired) electrons. The van der Waals surface area contributed by atoms with E-state index in [1.165, 1.54) is 11.3 Å². The number of nitrogens with one attached hydrogen (secondary N) is 2. The van der Waals surface area contributed by atoms with Crippen molar-refractivity contribution in [3.05, 3.63) is 15.8 Å². The molecule has 1 aliphatic carbocycles. The van der Waals surface area contributed by atoms with Gasteiger partial charge in [0.25, 0.3) is 0 Å². The highest BCUT2D eigenvalue weighted by atomic mass is 32.2.